The van der Waals surface area contributed by atoms with E-state index in [2.05, 4.69) is 11.6 Å². The Morgan fingerprint density at radius 3 is 1.88 bits per heavy atom. The monoisotopic (exact) mass is 145 g/mol. The van der Waals surface area contributed by atoms with Gasteiger partial charge in [-0.3, -0.25) is 0 Å². The highest BCUT2D eigenvalue weighted by Gasteiger charge is 2.36. The molecule has 1 unspecified atom stereocenters. The minimum Gasteiger partial charge on any atom is -0.311 e. The molecule has 0 aliphatic rings. The van der Waals surface area contributed by atoms with Gasteiger partial charge in [0.05, 0.1) is 0 Å². The predicted octanol–water partition coefficient (Wildman–Crippen LogP) is 1.81. The van der Waals surface area contributed by atoms with Gasteiger partial charge in [-0.2, -0.15) is 13.2 Å². The molecule has 0 heterocycles. The lowest BCUT2D eigenvalue weighted by atomic mass is 10.4. The van der Waals surface area contributed by atoms with Crippen molar-refractivity contribution in [1.29, 1.82) is 5.41 Å². The summed E-state index contributed by atoms with van der Waals surface area (Å²) in [4.78, 5) is 0. The Labute approximate surface area is 49.0 Å². The van der Waals surface area contributed by atoms with E-state index in [1.807, 2.05) is 0 Å². The van der Waals surface area contributed by atoms with E-state index in [1.165, 1.54) is 0 Å². The Hall–Kier alpha value is -0.250. The van der Waals surface area contributed by atoms with E-state index in [-0.39, 0.29) is 6.21 Å². The highest BCUT2D eigenvalue weighted by Crippen LogP contribution is 2.22. The Bertz CT molecular complexity index is 89.0. The molecule has 1 N–H and O–H groups in total. The van der Waals surface area contributed by atoms with Crippen LogP contribution in [0.4, 0.5) is 13.2 Å². The molecule has 5 heteroatoms. The molecule has 0 aromatic rings. The van der Waals surface area contributed by atoms with Crippen LogP contribution in [0.1, 0.15) is 0 Å². The van der Waals surface area contributed by atoms with Crippen LogP contribution in [0.25, 0.3) is 0 Å². The van der Waals surface area contributed by atoms with Crippen LogP contribution < -0.4 is 0 Å². The second kappa shape index (κ2) is 2.35. The summed E-state index contributed by atoms with van der Waals surface area (Å²) < 4.78 is 33.5. The van der Waals surface area contributed by atoms with Crippen LogP contribution in [0, 0.1) is 5.41 Å². The fraction of sp³-hybridized carbons (Fsp3) is 0.667. The molecule has 0 radical (unpaired) electrons. The van der Waals surface area contributed by atoms with E-state index < -0.39 is 11.6 Å². The zero-order chi connectivity index (χ0) is 6.78. The van der Waals surface area contributed by atoms with Gasteiger partial charge in [-0.25, -0.2) is 0 Å². The van der Waals surface area contributed by atoms with Crippen LogP contribution in [-0.4, -0.2) is 17.8 Å². The third kappa shape index (κ3) is 2.16. The Morgan fingerprint density at radius 1 is 1.50 bits per heavy atom. The molecule has 8 heavy (non-hydrogen) atoms. The van der Waals surface area contributed by atoms with Crippen molar-refractivity contribution < 1.29 is 13.2 Å². The first kappa shape index (κ1) is 7.75. The number of halogens is 4. The molecule has 0 saturated heterocycles. The van der Waals surface area contributed by atoms with Crippen molar-refractivity contribution in [3.05, 3.63) is 0 Å². The van der Waals surface area contributed by atoms with Crippen LogP contribution >= 0.6 is 11.6 Å². The zero-order valence-electron chi connectivity index (χ0n) is 3.67. The standard InChI is InChI=1S/C3H3ClF3N/c4-2(1-8)3(5,6)7/h1-2,8H. The first-order valence-corrected chi connectivity index (χ1v) is 2.13. The minimum atomic E-state index is -4.47. The molecule has 1 nitrogen and oxygen atoms in total. The van der Waals surface area contributed by atoms with Crippen molar-refractivity contribution >= 4 is 17.8 Å². The third-order valence-electron chi connectivity index (χ3n) is 0.459. The van der Waals surface area contributed by atoms with Crippen LogP contribution in [0.15, 0.2) is 0 Å². The van der Waals surface area contributed by atoms with Crippen molar-refractivity contribution in [1.82, 2.24) is 0 Å². The molecule has 0 aromatic heterocycles. The van der Waals surface area contributed by atoms with Crippen molar-refractivity contribution in [2.45, 2.75) is 11.6 Å². The van der Waals surface area contributed by atoms with Gasteiger partial charge < -0.3 is 5.41 Å². The average Bonchev–Trinajstić information content (AvgIpc) is 1.62. The van der Waals surface area contributed by atoms with Gasteiger partial charge in [0.15, 0.2) is 5.38 Å². The fourth-order valence-corrected chi connectivity index (χ4v) is 0.0945. The summed E-state index contributed by atoms with van der Waals surface area (Å²) in [7, 11) is 0. The molecule has 0 aromatic carbocycles. The first-order valence-electron chi connectivity index (χ1n) is 1.70. The highest BCUT2D eigenvalue weighted by atomic mass is 35.5. The van der Waals surface area contributed by atoms with Gasteiger partial charge in [-0.05, 0) is 0 Å². The second-order valence-electron chi connectivity index (χ2n) is 1.11. The van der Waals surface area contributed by atoms with E-state index in [4.69, 9.17) is 5.41 Å². The molecule has 0 aliphatic heterocycles. The molecule has 0 bridgehead atoms. The molecule has 0 spiro atoms. The average molecular weight is 146 g/mol. The van der Waals surface area contributed by atoms with E-state index in [9.17, 15) is 13.2 Å². The third-order valence-corrected chi connectivity index (χ3v) is 0.832. The van der Waals surface area contributed by atoms with Gasteiger partial charge in [0.25, 0.3) is 0 Å². The molecule has 0 saturated carbocycles. The Kier molecular flexibility index (Phi) is 2.27. The van der Waals surface area contributed by atoms with Crippen LogP contribution in [0.3, 0.4) is 0 Å². The smallest absolute Gasteiger partial charge is 0.311 e. The maximum atomic E-state index is 11.2. The van der Waals surface area contributed by atoms with Gasteiger partial charge in [0.2, 0.25) is 0 Å². The molecule has 0 fully saturated rings. The van der Waals surface area contributed by atoms with Gasteiger partial charge in [0.1, 0.15) is 0 Å². The van der Waals surface area contributed by atoms with E-state index in [0.717, 1.165) is 0 Å². The van der Waals surface area contributed by atoms with E-state index in [1.54, 1.807) is 0 Å². The van der Waals surface area contributed by atoms with Crippen molar-refractivity contribution in [2.24, 2.45) is 0 Å². The van der Waals surface area contributed by atoms with E-state index >= 15 is 0 Å². The van der Waals surface area contributed by atoms with Crippen LogP contribution in [-0.2, 0) is 0 Å². The first-order chi connectivity index (χ1) is 3.48. The van der Waals surface area contributed by atoms with Crippen LogP contribution in [0.5, 0.6) is 0 Å². The molecular formula is C3H3ClF3N. The molecule has 48 valence electrons. The normalized spacial score (nSPS) is 15.5. The van der Waals surface area contributed by atoms with Gasteiger partial charge >= 0.3 is 6.18 Å². The predicted molar refractivity (Wildman–Crippen MR) is 24.5 cm³/mol. The summed E-state index contributed by atoms with van der Waals surface area (Å²) >= 11 is 4.57. The lowest BCUT2D eigenvalue weighted by Gasteiger charge is -2.05. The lowest BCUT2D eigenvalue weighted by molar-refractivity contribution is -0.117. The summed E-state index contributed by atoms with van der Waals surface area (Å²) in [5.41, 5.74) is 0. The quantitative estimate of drug-likeness (QED) is 0.430. The van der Waals surface area contributed by atoms with Crippen molar-refractivity contribution in [3.8, 4) is 0 Å². The number of nitrogens with one attached hydrogen (secondary N) is 1. The molecule has 0 rings (SSSR count). The maximum Gasteiger partial charge on any atom is 0.409 e. The van der Waals surface area contributed by atoms with Gasteiger partial charge in [-0.15, -0.1) is 11.6 Å². The number of hydrogen-bond acceptors (Lipinski definition) is 1. The fourth-order valence-electron chi connectivity index (χ4n) is 0.0945. The second-order valence-corrected chi connectivity index (χ2v) is 1.58. The Balaban J connectivity index is 3.80. The highest BCUT2D eigenvalue weighted by molar-refractivity contribution is 6.28. The number of rotatable bonds is 1. The van der Waals surface area contributed by atoms with E-state index in [0.29, 0.717) is 0 Å². The molecule has 0 aliphatic carbocycles. The molecule has 0 amide bonds. The lowest BCUT2D eigenvalue weighted by Crippen LogP contribution is -2.23. The number of alkyl halides is 4. The van der Waals surface area contributed by atoms with Crippen molar-refractivity contribution in [3.63, 3.8) is 0 Å². The van der Waals surface area contributed by atoms with Crippen LogP contribution in [0.2, 0.25) is 0 Å². The summed E-state index contributed by atoms with van der Waals surface area (Å²) in [5.74, 6) is 0. The topological polar surface area (TPSA) is 23.9 Å². The summed E-state index contributed by atoms with van der Waals surface area (Å²) in [6.07, 6.45) is -4.33. The zero-order valence-corrected chi connectivity index (χ0v) is 4.42. The van der Waals surface area contributed by atoms with Gasteiger partial charge in [-0.1, -0.05) is 0 Å². The summed E-state index contributed by atoms with van der Waals surface area (Å²) in [6.45, 7) is 0. The molecular weight excluding hydrogens is 142 g/mol. The van der Waals surface area contributed by atoms with Crippen molar-refractivity contribution in [2.75, 3.05) is 0 Å². The number of hydrogen-bond donors (Lipinski definition) is 1. The summed E-state index contributed by atoms with van der Waals surface area (Å²) in [6, 6.07) is 0. The van der Waals surface area contributed by atoms with Gasteiger partial charge in [0, 0.05) is 6.21 Å². The maximum absolute atomic E-state index is 11.2. The summed E-state index contributed by atoms with van der Waals surface area (Å²) in [5, 5.41) is 3.95. The SMILES string of the molecule is N=CC(Cl)C(F)(F)F. The largest absolute Gasteiger partial charge is 0.409 e. The minimum absolute atomic E-state index is 0.140. The molecule has 1 atom stereocenters. The Morgan fingerprint density at radius 2 is 1.88 bits per heavy atom.